The molecule has 6 heterocycles. The number of aliphatic hydroxyl groups excluding tert-OH is 17. The molecule has 68 heavy (non-hydrogen) atoms. The summed E-state index contributed by atoms with van der Waals surface area (Å²) in [5.74, 6) is -0.894. The van der Waals surface area contributed by atoms with Crippen molar-refractivity contribution >= 4 is 5.91 Å². The van der Waals surface area contributed by atoms with Gasteiger partial charge < -0.3 is 144 Å². The fraction of sp³-hybridized carbons (Fsp3) is 0.974. The molecule has 0 aromatic carbocycles. The molecular formula is C38H65NO29. The van der Waals surface area contributed by atoms with Crippen LogP contribution in [0.4, 0.5) is 0 Å². The van der Waals surface area contributed by atoms with E-state index in [-0.39, 0.29) is 0 Å². The molecule has 18 N–H and O–H groups in total. The Labute approximate surface area is 386 Å². The van der Waals surface area contributed by atoms with Crippen molar-refractivity contribution in [2.45, 2.75) is 205 Å². The quantitative estimate of drug-likeness (QED) is 0.0724. The molecule has 30 nitrogen and oxygen atoms in total. The molecule has 0 bridgehead atoms. The second-order valence-corrected chi connectivity index (χ2v) is 17.5. The lowest BCUT2D eigenvalue weighted by Crippen LogP contribution is -2.71. The molecule has 0 aromatic rings. The molecule has 0 radical (unpaired) electrons. The average Bonchev–Trinajstić information content (AvgIpc) is 3.31. The lowest BCUT2D eigenvalue weighted by Gasteiger charge is -2.52. The summed E-state index contributed by atoms with van der Waals surface area (Å²) < 4.78 is 63.9. The van der Waals surface area contributed by atoms with Crippen molar-refractivity contribution in [1.29, 1.82) is 0 Å². The highest BCUT2D eigenvalue weighted by molar-refractivity contribution is 5.73. The van der Waals surface area contributed by atoms with Gasteiger partial charge in [0.25, 0.3) is 0 Å². The standard InChI is InChI=1S/C38H65NO29/c1-8-16(45)20(49)25(54)35(58-8)65-29-14(7-43)63-34(67-31-19(48)12(5-41)61-37(27(31)56)64-28-13(6-42)60-33(57)24(53)23(28)52)15(39-10(3)44)30(29)66-38-32(22(51)18(47)11(4-40)62-38)68-36-26(55)21(50)17(46)9(2)59-36/h8-9,11-38,40-43,45-57H,4-7H2,1-3H3,(H,39,44). The van der Waals surface area contributed by atoms with Crippen LogP contribution in [-0.2, 0) is 56.9 Å². The third-order valence-electron chi connectivity index (χ3n) is 12.8. The van der Waals surface area contributed by atoms with Gasteiger partial charge in [0.15, 0.2) is 37.7 Å². The molecule has 0 aromatic heterocycles. The summed E-state index contributed by atoms with van der Waals surface area (Å²) >= 11 is 0. The molecule has 30 unspecified atom stereocenters. The summed E-state index contributed by atoms with van der Waals surface area (Å²) in [6.07, 6.45) is -54.0. The van der Waals surface area contributed by atoms with E-state index in [0.29, 0.717) is 0 Å². The van der Waals surface area contributed by atoms with E-state index in [9.17, 15) is 91.6 Å². The number of amides is 1. The molecule has 1 amide bonds. The molecule has 6 aliphatic rings. The van der Waals surface area contributed by atoms with Crippen LogP contribution in [0, 0.1) is 0 Å². The third kappa shape index (κ3) is 11.4. The van der Waals surface area contributed by atoms with Crippen molar-refractivity contribution in [3.8, 4) is 0 Å². The van der Waals surface area contributed by atoms with Gasteiger partial charge in [-0.2, -0.15) is 0 Å². The van der Waals surface area contributed by atoms with Crippen LogP contribution < -0.4 is 5.32 Å². The molecular weight excluding hydrogens is 934 g/mol. The molecule has 6 aliphatic heterocycles. The van der Waals surface area contributed by atoms with E-state index in [4.69, 9.17) is 52.1 Å². The number of rotatable bonds is 15. The second-order valence-electron chi connectivity index (χ2n) is 17.5. The molecule has 30 atom stereocenters. The van der Waals surface area contributed by atoms with Crippen LogP contribution in [-0.4, -0.2) is 303 Å². The van der Waals surface area contributed by atoms with Gasteiger partial charge in [-0.15, -0.1) is 0 Å². The first-order valence-corrected chi connectivity index (χ1v) is 21.8. The van der Waals surface area contributed by atoms with Crippen LogP contribution in [0.3, 0.4) is 0 Å². The maximum absolute atomic E-state index is 13.1. The van der Waals surface area contributed by atoms with E-state index >= 15 is 0 Å². The Bertz CT molecular complexity index is 1590. The van der Waals surface area contributed by atoms with E-state index in [1.54, 1.807) is 0 Å². The Balaban J connectivity index is 1.39. The monoisotopic (exact) mass is 999 g/mol. The van der Waals surface area contributed by atoms with Crippen molar-refractivity contribution in [2.24, 2.45) is 0 Å². The Morgan fingerprint density at radius 2 is 0.794 bits per heavy atom. The van der Waals surface area contributed by atoms with Crippen molar-refractivity contribution < 1.29 is 144 Å². The highest BCUT2D eigenvalue weighted by Gasteiger charge is 2.59. The topological polar surface area (TPSA) is 475 Å². The molecule has 6 saturated heterocycles. The number of nitrogens with one attached hydrogen (secondary N) is 1. The van der Waals surface area contributed by atoms with E-state index in [2.05, 4.69) is 5.32 Å². The molecule has 0 saturated carbocycles. The summed E-state index contributed by atoms with van der Waals surface area (Å²) in [4.78, 5) is 13.1. The van der Waals surface area contributed by atoms with E-state index < -0.39 is 217 Å². The van der Waals surface area contributed by atoms with E-state index in [0.717, 1.165) is 6.92 Å². The summed E-state index contributed by atoms with van der Waals surface area (Å²) in [5, 5.41) is 184. The molecule has 0 aliphatic carbocycles. The fourth-order valence-electron chi connectivity index (χ4n) is 8.78. The number of aliphatic hydroxyl groups is 17. The van der Waals surface area contributed by atoms with Gasteiger partial charge in [-0.1, -0.05) is 0 Å². The Hall–Kier alpha value is -1.65. The Morgan fingerprint density at radius 1 is 0.382 bits per heavy atom. The maximum atomic E-state index is 13.1. The van der Waals surface area contributed by atoms with Crippen molar-refractivity contribution in [3.63, 3.8) is 0 Å². The zero-order chi connectivity index (χ0) is 50.2. The minimum Gasteiger partial charge on any atom is -0.394 e. The lowest BCUT2D eigenvalue weighted by molar-refractivity contribution is -0.400. The third-order valence-corrected chi connectivity index (χ3v) is 12.8. The Kier molecular flexibility index (Phi) is 19.2. The number of hydrogen-bond acceptors (Lipinski definition) is 29. The summed E-state index contributed by atoms with van der Waals surface area (Å²) in [6, 6.07) is -1.86. The van der Waals surface area contributed by atoms with Gasteiger partial charge in [-0.05, 0) is 13.8 Å². The zero-order valence-electron chi connectivity index (χ0n) is 36.7. The largest absolute Gasteiger partial charge is 0.394 e. The molecule has 396 valence electrons. The number of carbonyl (C=O) groups excluding carboxylic acids is 1. The number of carbonyl (C=O) groups is 1. The van der Waals surface area contributed by atoms with Gasteiger partial charge >= 0.3 is 0 Å². The fourth-order valence-corrected chi connectivity index (χ4v) is 8.78. The van der Waals surface area contributed by atoms with Crippen LogP contribution in [0.15, 0.2) is 0 Å². The van der Waals surface area contributed by atoms with Gasteiger partial charge in [-0.3, -0.25) is 4.79 Å². The summed E-state index contributed by atoms with van der Waals surface area (Å²) in [5.41, 5.74) is 0. The van der Waals surface area contributed by atoms with Crippen molar-refractivity contribution in [1.82, 2.24) is 5.32 Å². The van der Waals surface area contributed by atoms with Gasteiger partial charge in [0.05, 0.1) is 38.6 Å². The normalized spacial score (nSPS) is 52.6. The van der Waals surface area contributed by atoms with Gasteiger partial charge in [0, 0.05) is 6.92 Å². The van der Waals surface area contributed by atoms with E-state index in [1.165, 1.54) is 13.8 Å². The van der Waals surface area contributed by atoms with Gasteiger partial charge in [-0.25, -0.2) is 0 Å². The molecule has 30 heteroatoms. The minimum absolute atomic E-state index is 0.894. The van der Waals surface area contributed by atoms with Crippen LogP contribution in [0.25, 0.3) is 0 Å². The predicted octanol–water partition coefficient (Wildman–Crippen LogP) is -11.9. The molecule has 6 fully saturated rings. The second kappa shape index (κ2) is 23.5. The summed E-state index contributed by atoms with van der Waals surface area (Å²) in [6.45, 7) is -0.357. The molecule has 6 rings (SSSR count). The zero-order valence-corrected chi connectivity index (χ0v) is 36.7. The minimum atomic E-state index is -2.19. The lowest BCUT2D eigenvalue weighted by atomic mass is 9.93. The van der Waals surface area contributed by atoms with Gasteiger partial charge in [0.1, 0.15) is 134 Å². The highest BCUT2D eigenvalue weighted by atomic mass is 16.8. The van der Waals surface area contributed by atoms with Crippen LogP contribution in [0.5, 0.6) is 0 Å². The highest BCUT2D eigenvalue weighted by Crippen LogP contribution is 2.38. The van der Waals surface area contributed by atoms with Crippen LogP contribution >= 0.6 is 0 Å². The predicted molar refractivity (Wildman–Crippen MR) is 208 cm³/mol. The first kappa shape index (κ1) is 55.7. The average molecular weight is 1000 g/mol. The van der Waals surface area contributed by atoms with Crippen LogP contribution in [0.1, 0.15) is 20.8 Å². The summed E-state index contributed by atoms with van der Waals surface area (Å²) in [7, 11) is 0. The SMILES string of the molecule is CC(=O)NC1C(OC2C(O)C(CO)OC(OC3C(CO)OC(O)C(O)C3O)C2O)OC(CO)C(OC2OC(C)C(O)C(O)C2O)C1OC1OC(CO)C(O)C(O)C1OC1OC(C)C(O)C(O)C1O. The van der Waals surface area contributed by atoms with Crippen LogP contribution in [0.2, 0.25) is 0 Å². The first-order chi connectivity index (χ1) is 32.1. The van der Waals surface area contributed by atoms with E-state index in [1.807, 2.05) is 0 Å². The molecule has 0 spiro atoms. The van der Waals surface area contributed by atoms with Crippen molar-refractivity contribution in [2.75, 3.05) is 26.4 Å². The smallest absolute Gasteiger partial charge is 0.217 e. The number of hydrogen-bond donors (Lipinski definition) is 18. The maximum Gasteiger partial charge on any atom is 0.217 e. The first-order valence-electron chi connectivity index (χ1n) is 21.8. The van der Waals surface area contributed by atoms with Crippen molar-refractivity contribution in [3.05, 3.63) is 0 Å². The van der Waals surface area contributed by atoms with Gasteiger partial charge in [0.2, 0.25) is 5.91 Å². The Morgan fingerprint density at radius 3 is 1.32 bits per heavy atom. The number of ether oxygens (including phenoxy) is 11.